The van der Waals surface area contributed by atoms with Crippen molar-refractivity contribution in [2.45, 2.75) is 32.4 Å². The Kier molecular flexibility index (Phi) is 3.54. The Labute approximate surface area is 97.5 Å². The van der Waals surface area contributed by atoms with Crippen molar-refractivity contribution in [3.05, 3.63) is 23.5 Å². The maximum Gasteiger partial charge on any atom is 0.488 e. The van der Waals surface area contributed by atoms with Gasteiger partial charge in [0.15, 0.2) is 0 Å². The van der Waals surface area contributed by atoms with E-state index in [0.29, 0.717) is 6.07 Å². The molecule has 0 spiro atoms. The molecule has 0 fully saturated rings. The third-order valence-corrected chi connectivity index (χ3v) is 2.20. The van der Waals surface area contributed by atoms with Gasteiger partial charge in [0.25, 0.3) is 0 Å². The summed E-state index contributed by atoms with van der Waals surface area (Å²) in [5, 5.41) is 17.9. The third-order valence-electron chi connectivity index (χ3n) is 2.20. The molecule has 94 valence electrons. The van der Waals surface area contributed by atoms with Gasteiger partial charge in [-0.3, -0.25) is 0 Å². The highest BCUT2D eigenvalue weighted by Crippen LogP contribution is 2.29. The van der Waals surface area contributed by atoms with Gasteiger partial charge in [-0.2, -0.15) is 13.2 Å². The van der Waals surface area contributed by atoms with Gasteiger partial charge in [-0.05, 0) is 17.6 Å². The zero-order valence-electron chi connectivity index (χ0n) is 9.71. The number of rotatable bonds is 1. The second-order valence-electron chi connectivity index (χ2n) is 4.79. The fourth-order valence-electron chi connectivity index (χ4n) is 1.23. The second-order valence-corrected chi connectivity index (χ2v) is 4.79. The molecule has 0 amide bonds. The number of hydrogen-bond acceptors (Lipinski definition) is 3. The van der Waals surface area contributed by atoms with Crippen LogP contribution in [0.5, 0.6) is 0 Å². The number of halogens is 3. The molecule has 17 heavy (non-hydrogen) atoms. The highest BCUT2D eigenvalue weighted by atomic mass is 19.4. The highest BCUT2D eigenvalue weighted by molar-refractivity contribution is 6.58. The maximum atomic E-state index is 12.6. The highest BCUT2D eigenvalue weighted by Gasteiger charge is 2.35. The molecular weight excluding hydrogens is 234 g/mol. The molecule has 0 aliphatic heterocycles. The van der Waals surface area contributed by atoms with E-state index in [1.165, 1.54) is 6.07 Å². The van der Waals surface area contributed by atoms with Gasteiger partial charge in [-0.1, -0.05) is 20.8 Å². The zero-order valence-corrected chi connectivity index (χ0v) is 9.71. The average molecular weight is 247 g/mol. The minimum absolute atomic E-state index is 0.162. The lowest BCUT2D eigenvalue weighted by Gasteiger charge is -2.20. The van der Waals surface area contributed by atoms with Crippen molar-refractivity contribution in [1.29, 1.82) is 0 Å². The van der Waals surface area contributed by atoms with Crippen molar-refractivity contribution in [1.82, 2.24) is 4.98 Å². The number of nitrogens with zero attached hydrogens (tertiary/aromatic N) is 1. The topological polar surface area (TPSA) is 53.4 Å². The number of pyridine rings is 1. The predicted molar refractivity (Wildman–Crippen MR) is 57.8 cm³/mol. The van der Waals surface area contributed by atoms with Crippen LogP contribution >= 0.6 is 0 Å². The summed E-state index contributed by atoms with van der Waals surface area (Å²) in [5.74, 6) is 0. The first-order valence-corrected chi connectivity index (χ1v) is 4.97. The Hall–Kier alpha value is -1.08. The summed E-state index contributed by atoms with van der Waals surface area (Å²) in [6, 6.07) is 1.90. The van der Waals surface area contributed by atoms with Crippen LogP contribution in [-0.2, 0) is 11.6 Å². The molecule has 2 N–H and O–H groups in total. The van der Waals surface area contributed by atoms with E-state index in [1.807, 2.05) is 0 Å². The molecule has 0 unspecified atom stereocenters. The van der Waals surface area contributed by atoms with Gasteiger partial charge in [0.2, 0.25) is 0 Å². The van der Waals surface area contributed by atoms with E-state index in [9.17, 15) is 13.2 Å². The van der Waals surface area contributed by atoms with Crippen molar-refractivity contribution in [3.63, 3.8) is 0 Å². The Morgan fingerprint density at radius 3 is 1.88 bits per heavy atom. The van der Waals surface area contributed by atoms with Gasteiger partial charge < -0.3 is 10.0 Å². The molecule has 0 bridgehead atoms. The number of alkyl halides is 3. The second kappa shape index (κ2) is 4.31. The molecule has 7 heteroatoms. The lowest BCUT2D eigenvalue weighted by Crippen LogP contribution is -2.33. The molecule has 0 atom stereocenters. The van der Waals surface area contributed by atoms with E-state index in [0.717, 1.165) is 0 Å². The molecule has 1 rings (SSSR count). The normalized spacial score (nSPS) is 12.7. The molecule has 0 aliphatic carbocycles. The van der Waals surface area contributed by atoms with E-state index in [4.69, 9.17) is 10.0 Å². The van der Waals surface area contributed by atoms with Gasteiger partial charge in [-0.25, -0.2) is 4.98 Å². The molecule has 0 saturated heterocycles. The monoisotopic (exact) mass is 247 g/mol. The summed E-state index contributed by atoms with van der Waals surface area (Å²) in [7, 11) is -1.94. The van der Waals surface area contributed by atoms with Crippen LogP contribution in [-0.4, -0.2) is 22.2 Å². The molecule has 0 saturated carbocycles. The summed E-state index contributed by atoms with van der Waals surface area (Å²) in [6.45, 7) is 5.09. The van der Waals surface area contributed by atoms with Crippen LogP contribution in [0.4, 0.5) is 13.2 Å². The lowest BCUT2D eigenvalue weighted by atomic mass is 9.78. The fraction of sp³-hybridized carbons (Fsp3) is 0.500. The Morgan fingerprint density at radius 1 is 1.06 bits per heavy atom. The van der Waals surface area contributed by atoms with Crippen LogP contribution in [0.25, 0.3) is 0 Å². The lowest BCUT2D eigenvalue weighted by molar-refractivity contribution is -0.141. The smallest absolute Gasteiger partial charge is 0.423 e. The van der Waals surface area contributed by atoms with Gasteiger partial charge in [0.05, 0.1) is 0 Å². The summed E-state index contributed by atoms with van der Waals surface area (Å²) in [5.41, 5.74) is -1.77. The van der Waals surface area contributed by atoms with Gasteiger partial charge >= 0.3 is 13.3 Å². The third kappa shape index (κ3) is 3.44. The average Bonchev–Trinajstić information content (AvgIpc) is 2.14. The van der Waals surface area contributed by atoms with E-state index in [2.05, 4.69) is 4.98 Å². The van der Waals surface area contributed by atoms with Crippen molar-refractivity contribution < 1.29 is 23.2 Å². The quantitative estimate of drug-likeness (QED) is 0.730. The summed E-state index contributed by atoms with van der Waals surface area (Å²) >= 11 is 0. The molecule has 1 aromatic heterocycles. The van der Waals surface area contributed by atoms with Crippen LogP contribution in [0, 0.1) is 0 Å². The fourth-order valence-corrected chi connectivity index (χ4v) is 1.23. The van der Waals surface area contributed by atoms with Crippen molar-refractivity contribution in [2.24, 2.45) is 0 Å². The minimum Gasteiger partial charge on any atom is -0.423 e. The van der Waals surface area contributed by atoms with Crippen molar-refractivity contribution in [3.8, 4) is 0 Å². The van der Waals surface area contributed by atoms with Crippen molar-refractivity contribution >= 4 is 12.6 Å². The van der Waals surface area contributed by atoms with Crippen molar-refractivity contribution in [2.75, 3.05) is 0 Å². The van der Waals surface area contributed by atoms with Gasteiger partial charge in [0.1, 0.15) is 5.69 Å². The van der Waals surface area contributed by atoms with Crippen LogP contribution in [0.1, 0.15) is 32.2 Å². The van der Waals surface area contributed by atoms with E-state index in [1.54, 1.807) is 20.8 Å². The van der Waals surface area contributed by atoms with Crippen LogP contribution in [0.3, 0.4) is 0 Å². The molecular formula is C10H13BF3NO2. The zero-order chi connectivity index (χ0) is 13.4. The van der Waals surface area contributed by atoms with E-state index in [-0.39, 0.29) is 11.2 Å². The molecule has 1 aromatic rings. The summed E-state index contributed by atoms with van der Waals surface area (Å²) in [4.78, 5) is 3.51. The van der Waals surface area contributed by atoms with Gasteiger partial charge in [0, 0.05) is 11.1 Å². The standard InChI is InChI=1S/C10H13BF3NO2/c1-9(2,3)7-4-6(11(16)17)5-8(15-7)10(12,13)14/h4-5,16-17H,1-3H3. The first-order valence-electron chi connectivity index (χ1n) is 4.97. The van der Waals surface area contributed by atoms with Crippen LogP contribution in [0.15, 0.2) is 12.1 Å². The van der Waals surface area contributed by atoms with E-state index < -0.39 is 24.4 Å². The molecule has 0 aliphatic rings. The summed E-state index contributed by atoms with van der Waals surface area (Å²) < 4.78 is 37.7. The van der Waals surface area contributed by atoms with Crippen LogP contribution < -0.4 is 5.46 Å². The predicted octanol–water partition coefficient (Wildman–Crippen LogP) is 1.08. The first-order chi connectivity index (χ1) is 7.51. The summed E-state index contributed by atoms with van der Waals surface area (Å²) in [6.07, 6.45) is -4.61. The first kappa shape index (κ1) is 14.0. The molecule has 0 aromatic carbocycles. The van der Waals surface area contributed by atoms with E-state index >= 15 is 0 Å². The molecule has 1 heterocycles. The SMILES string of the molecule is CC(C)(C)c1cc(B(O)O)cc(C(F)(F)F)n1. The Morgan fingerprint density at radius 2 is 1.53 bits per heavy atom. The number of hydrogen-bond donors (Lipinski definition) is 2. The Bertz CT molecular complexity index is 381. The minimum atomic E-state index is -4.61. The number of aromatic nitrogens is 1. The van der Waals surface area contributed by atoms with Gasteiger partial charge in [-0.15, -0.1) is 0 Å². The largest absolute Gasteiger partial charge is 0.488 e. The maximum absolute atomic E-state index is 12.6. The molecule has 3 nitrogen and oxygen atoms in total. The molecule has 0 radical (unpaired) electrons. The Balaban J connectivity index is 3.40. The van der Waals surface area contributed by atoms with Crippen LogP contribution in [0.2, 0.25) is 0 Å².